The summed E-state index contributed by atoms with van der Waals surface area (Å²) < 4.78 is 3.63. The van der Waals surface area contributed by atoms with E-state index in [2.05, 4.69) is 84.3 Å². The Bertz CT molecular complexity index is 1750. The molecule has 4 aromatic rings. The number of thiazole rings is 2. The number of carbonyl (C=O) groups excluding carboxylic acids is 2. The van der Waals surface area contributed by atoms with Gasteiger partial charge in [-0.05, 0) is 48.6 Å². The molecule has 0 unspecified atom stereocenters. The van der Waals surface area contributed by atoms with Crippen LogP contribution in [0.4, 0.5) is 10.3 Å². The zero-order valence-corrected chi connectivity index (χ0v) is 31.7. The zero-order chi connectivity index (χ0) is 31.1. The maximum absolute atomic E-state index is 11.8. The Morgan fingerprint density at radius 3 is 1.31 bits per heavy atom. The first-order valence-electron chi connectivity index (χ1n) is 12.8. The minimum atomic E-state index is -0.0356. The number of rotatable bonds is 6. The molecular formula is C32H20Br4N4NiO2S2. The van der Waals surface area contributed by atoms with Gasteiger partial charge in [0, 0.05) is 92.0 Å². The van der Waals surface area contributed by atoms with Crippen molar-refractivity contribution in [1.82, 2.24) is 9.97 Å². The summed E-state index contributed by atoms with van der Waals surface area (Å²) in [6.45, 7) is 0. The fraction of sp³-hybridized carbons (Fsp3) is 0. The minimum absolute atomic E-state index is 0. The molecule has 0 amide bonds. The van der Waals surface area contributed by atoms with Crippen molar-refractivity contribution in [3.8, 4) is 22.5 Å². The van der Waals surface area contributed by atoms with Gasteiger partial charge in [0.2, 0.25) is 0 Å². The summed E-state index contributed by atoms with van der Waals surface area (Å²) in [7, 11) is 0. The molecule has 230 valence electrons. The third-order valence-corrected chi connectivity index (χ3v) is 9.53. The average molecular weight is 935 g/mol. The van der Waals surface area contributed by atoms with E-state index in [1.165, 1.54) is 22.7 Å². The van der Waals surface area contributed by atoms with Crippen molar-refractivity contribution in [3.05, 3.63) is 137 Å². The van der Waals surface area contributed by atoms with E-state index in [9.17, 15) is 9.59 Å². The van der Waals surface area contributed by atoms with Gasteiger partial charge in [0.15, 0.2) is 21.8 Å². The first kappa shape index (κ1) is 35.3. The van der Waals surface area contributed by atoms with Crippen LogP contribution in [0.3, 0.4) is 0 Å². The summed E-state index contributed by atoms with van der Waals surface area (Å²) >= 11 is 16.4. The molecule has 0 saturated heterocycles. The number of ketones is 2. The van der Waals surface area contributed by atoms with Crippen molar-refractivity contribution >= 4 is 108 Å². The predicted octanol–water partition coefficient (Wildman–Crippen LogP) is 10.6. The van der Waals surface area contributed by atoms with Gasteiger partial charge >= 0.3 is 0 Å². The number of nitrogens with zero attached hydrogens (tertiary/aromatic N) is 2. The second-order valence-corrected chi connectivity index (χ2v) is 14.4. The first-order chi connectivity index (χ1) is 21.2. The van der Waals surface area contributed by atoms with E-state index >= 15 is 0 Å². The topological polar surface area (TPSA) is 84.0 Å². The number of aromatic nitrogens is 2. The van der Waals surface area contributed by atoms with Crippen molar-refractivity contribution < 1.29 is 26.1 Å². The molecule has 0 atom stereocenters. The van der Waals surface area contributed by atoms with Gasteiger partial charge in [-0.15, -0.1) is 22.7 Å². The molecule has 2 N–H and O–H groups in total. The van der Waals surface area contributed by atoms with Crippen molar-refractivity contribution in [3.63, 3.8) is 0 Å². The smallest absolute Gasteiger partial charge is 0.188 e. The third-order valence-electron chi connectivity index (χ3n) is 5.94. The van der Waals surface area contributed by atoms with Gasteiger partial charge in [-0.3, -0.25) is 9.59 Å². The number of halogens is 4. The van der Waals surface area contributed by atoms with E-state index in [1.807, 2.05) is 71.4 Å². The van der Waals surface area contributed by atoms with Gasteiger partial charge in [0.25, 0.3) is 0 Å². The molecule has 2 heterocycles. The molecule has 2 aromatic heterocycles. The molecule has 0 aliphatic heterocycles. The fourth-order valence-corrected chi connectivity index (χ4v) is 6.31. The quantitative estimate of drug-likeness (QED) is 0.148. The van der Waals surface area contributed by atoms with E-state index in [1.54, 1.807) is 36.7 Å². The van der Waals surface area contributed by atoms with Gasteiger partial charge in [-0.25, -0.2) is 9.97 Å². The molecule has 6 rings (SSSR count). The molecule has 0 radical (unpaired) electrons. The van der Waals surface area contributed by atoms with Gasteiger partial charge < -0.3 is 10.6 Å². The summed E-state index contributed by atoms with van der Waals surface area (Å²) in [6, 6.07) is 16.0. The van der Waals surface area contributed by atoms with Gasteiger partial charge in [-0.1, -0.05) is 88.0 Å². The Hall–Kier alpha value is -2.51. The fourth-order valence-electron chi connectivity index (χ4n) is 3.72. The van der Waals surface area contributed by atoms with Crippen molar-refractivity contribution in [2.24, 2.45) is 0 Å². The Kier molecular flexibility index (Phi) is 13.3. The van der Waals surface area contributed by atoms with E-state index in [0.717, 1.165) is 50.7 Å². The second-order valence-electron chi connectivity index (χ2n) is 9.03. The van der Waals surface area contributed by atoms with Crippen LogP contribution in [-0.4, -0.2) is 21.5 Å². The molecule has 6 nitrogen and oxygen atoms in total. The molecule has 2 aliphatic carbocycles. The van der Waals surface area contributed by atoms with Crippen molar-refractivity contribution in [2.45, 2.75) is 0 Å². The molecule has 0 saturated carbocycles. The maximum Gasteiger partial charge on any atom is 0.188 e. The molecule has 13 heteroatoms. The molecule has 45 heavy (non-hydrogen) atoms. The van der Waals surface area contributed by atoms with E-state index < -0.39 is 0 Å². The Morgan fingerprint density at radius 2 is 0.956 bits per heavy atom. The van der Waals surface area contributed by atoms with Crippen LogP contribution in [0.25, 0.3) is 22.5 Å². The van der Waals surface area contributed by atoms with Crippen LogP contribution in [0.5, 0.6) is 0 Å². The number of carbonyl (C=O) groups is 2. The van der Waals surface area contributed by atoms with Crippen LogP contribution in [0, 0.1) is 0 Å². The van der Waals surface area contributed by atoms with Gasteiger partial charge in [-0.2, -0.15) is 0 Å². The van der Waals surface area contributed by atoms with E-state index in [-0.39, 0.29) is 28.1 Å². The summed E-state index contributed by atoms with van der Waals surface area (Å²) in [5, 5.41) is 11.6. The van der Waals surface area contributed by atoms with Crippen LogP contribution in [-0.2, 0) is 26.1 Å². The number of hydrogen-bond acceptors (Lipinski definition) is 8. The van der Waals surface area contributed by atoms with Crippen LogP contribution in [0.15, 0.2) is 137 Å². The number of hydrogen-bond donors (Lipinski definition) is 2. The predicted molar refractivity (Wildman–Crippen MR) is 196 cm³/mol. The summed E-state index contributed by atoms with van der Waals surface area (Å²) in [5.74, 6) is -0.0712. The molecule has 0 spiro atoms. The van der Waals surface area contributed by atoms with Crippen molar-refractivity contribution in [1.29, 1.82) is 0 Å². The number of nitrogens with one attached hydrogen (secondary N) is 2. The summed E-state index contributed by atoms with van der Waals surface area (Å²) in [6.07, 6.45) is 13.7. The monoisotopic (exact) mass is 930 g/mol. The SMILES string of the molecule is O=C1C=C(Br)C=C/C1=C/Nc1nc(-c2ccc(Br)cc2)cs1.O=C1C=C(Br)C=C/C1=C/Nc1nc(-c2ccc(Br)cc2)cs1.[Ni]. The van der Waals surface area contributed by atoms with Crippen molar-refractivity contribution in [2.75, 3.05) is 10.6 Å². The Labute approximate surface area is 311 Å². The Morgan fingerprint density at radius 1 is 0.578 bits per heavy atom. The number of anilines is 2. The zero-order valence-electron chi connectivity index (χ0n) is 22.7. The third kappa shape index (κ3) is 10.2. The number of allylic oxidation sites excluding steroid dienone is 10. The molecular weight excluding hydrogens is 915 g/mol. The Balaban J connectivity index is 0.000000200. The molecule has 2 aromatic carbocycles. The summed E-state index contributed by atoms with van der Waals surface area (Å²) in [4.78, 5) is 32.6. The molecule has 0 bridgehead atoms. The van der Waals surface area contributed by atoms with Crippen LogP contribution >= 0.6 is 86.4 Å². The largest absolute Gasteiger partial charge is 0.337 e. The van der Waals surface area contributed by atoms with E-state index in [0.29, 0.717) is 11.1 Å². The first-order valence-corrected chi connectivity index (χ1v) is 17.7. The van der Waals surface area contributed by atoms with E-state index in [4.69, 9.17) is 0 Å². The van der Waals surface area contributed by atoms with Crippen LogP contribution in [0.2, 0.25) is 0 Å². The number of benzene rings is 2. The average Bonchev–Trinajstić information content (AvgIpc) is 3.68. The standard InChI is InChI=1S/2C16H10Br2N2OS.Ni/c2*17-12-4-1-10(2-5-12)14-9-22-16(20-14)19-8-11-3-6-13(18)7-15(11)21;/h2*1-9H,(H,19,20);/b2*11-8-;. The second kappa shape index (κ2) is 16.9. The summed E-state index contributed by atoms with van der Waals surface area (Å²) in [5.41, 5.74) is 5.13. The van der Waals surface area contributed by atoms with Crippen LogP contribution < -0.4 is 10.6 Å². The van der Waals surface area contributed by atoms with Gasteiger partial charge in [0.05, 0.1) is 11.4 Å². The molecule has 0 fully saturated rings. The minimum Gasteiger partial charge on any atom is -0.337 e. The molecule has 2 aliphatic rings. The maximum atomic E-state index is 11.8. The van der Waals surface area contributed by atoms with Crippen LogP contribution in [0.1, 0.15) is 0 Å². The normalized spacial score (nSPS) is 15.6. The van der Waals surface area contributed by atoms with Gasteiger partial charge in [0.1, 0.15) is 0 Å².